The summed E-state index contributed by atoms with van der Waals surface area (Å²) in [5, 5.41) is 14.2. The molecule has 10 heteroatoms. The van der Waals surface area contributed by atoms with Gasteiger partial charge in [-0.2, -0.15) is 0 Å². The number of carbonyl (C=O) groups excluding carboxylic acids is 4. The number of nitrogens with zero attached hydrogens (tertiary/aromatic N) is 1. The van der Waals surface area contributed by atoms with Crippen molar-refractivity contribution in [2.75, 3.05) is 19.5 Å². The van der Waals surface area contributed by atoms with Gasteiger partial charge in [0.05, 0.1) is 23.9 Å². The van der Waals surface area contributed by atoms with Crippen LogP contribution in [0.25, 0.3) is 21.8 Å². The topological polar surface area (TPSA) is 120 Å². The molecule has 0 spiro atoms. The summed E-state index contributed by atoms with van der Waals surface area (Å²) in [5.41, 5.74) is -0.888. The number of hydrogen-bond donors (Lipinski definition) is 1. The number of aromatic nitrogens is 1. The number of methoxy groups -OCH3 is 1. The molecule has 3 aromatic rings. The predicted octanol–water partition coefficient (Wildman–Crippen LogP) is 6.47. The van der Waals surface area contributed by atoms with E-state index in [1.54, 1.807) is 31.4 Å². The first-order chi connectivity index (χ1) is 22.4. The maximum atomic E-state index is 13.9. The van der Waals surface area contributed by atoms with Gasteiger partial charge < -0.3 is 14.6 Å². The zero-order valence-corrected chi connectivity index (χ0v) is 28.1. The van der Waals surface area contributed by atoms with Crippen molar-refractivity contribution in [3.05, 3.63) is 65.2 Å². The Morgan fingerprint density at radius 3 is 2.68 bits per heavy atom. The molecule has 0 aliphatic heterocycles. The molecule has 1 heterocycles. The van der Waals surface area contributed by atoms with E-state index in [1.807, 2.05) is 44.2 Å². The SMILES string of the molecule is COc1ccc2nc3cc(Cl)ccc3c(SCC(=O)OCC(=O)[C@@]3(O)CC[C@H]4[C@@H]5CCC6=CC(=O)C=C[C@]6(C)[C@H]5C(=O)C[C@@]43C)c2c1. The Morgan fingerprint density at radius 1 is 1.09 bits per heavy atom. The van der Waals surface area contributed by atoms with Crippen LogP contribution in [0.1, 0.15) is 46.0 Å². The number of carbonyl (C=O) groups is 4. The number of rotatable bonds is 7. The second kappa shape index (κ2) is 11.6. The Balaban J connectivity index is 1.06. The first-order valence-corrected chi connectivity index (χ1v) is 17.3. The molecule has 4 aliphatic carbocycles. The van der Waals surface area contributed by atoms with Crippen molar-refractivity contribution in [1.82, 2.24) is 4.98 Å². The van der Waals surface area contributed by atoms with Crippen molar-refractivity contribution in [2.24, 2.45) is 28.6 Å². The number of pyridine rings is 1. The maximum absolute atomic E-state index is 13.9. The van der Waals surface area contributed by atoms with Crippen LogP contribution in [0.3, 0.4) is 0 Å². The number of ether oxygens (including phenoxy) is 2. The number of benzene rings is 2. The van der Waals surface area contributed by atoms with Gasteiger partial charge in [0, 0.05) is 43.9 Å². The van der Waals surface area contributed by atoms with E-state index in [1.165, 1.54) is 11.8 Å². The molecule has 0 amide bonds. The molecule has 1 aromatic heterocycles. The summed E-state index contributed by atoms with van der Waals surface area (Å²) in [6, 6.07) is 10.9. The number of esters is 1. The Kier molecular flexibility index (Phi) is 7.88. The highest BCUT2D eigenvalue weighted by atomic mass is 35.5. The van der Waals surface area contributed by atoms with Gasteiger partial charge >= 0.3 is 5.97 Å². The van der Waals surface area contributed by atoms with Gasteiger partial charge in [-0.15, -0.1) is 11.8 Å². The lowest BCUT2D eigenvalue weighted by Gasteiger charge is -2.56. The summed E-state index contributed by atoms with van der Waals surface area (Å²) < 4.78 is 10.9. The number of hydrogen-bond acceptors (Lipinski definition) is 9. The zero-order chi connectivity index (χ0) is 33.3. The summed E-state index contributed by atoms with van der Waals surface area (Å²) >= 11 is 7.51. The van der Waals surface area contributed by atoms with Crippen LogP contribution < -0.4 is 4.74 Å². The van der Waals surface area contributed by atoms with Crippen molar-refractivity contribution in [2.45, 2.75) is 56.4 Å². The molecular weight excluding hydrogens is 638 g/mol. The Bertz CT molecular complexity index is 1940. The van der Waals surface area contributed by atoms with Gasteiger partial charge in [-0.1, -0.05) is 43.2 Å². The molecule has 8 nitrogen and oxygen atoms in total. The summed E-state index contributed by atoms with van der Waals surface area (Å²) in [5.74, 6) is -0.995. The average Bonchev–Trinajstić information content (AvgIpc) is 3.32. The molecule has 3 saturated carbocycles. The van der Waals surface area contributed by atoms with Crippen molar-refractivity contribution >= 4 is 68.5 Å². The van der Waals surface area contributed by atoms with Gasteiger partial charge in [-0.3, -0.25) is 19.2 Å². The van der Waals surface area contributed by atoms with E-state index in [2.05, 4.69) is 0 Å². The molecule has 4 aliphatic rings. The minimum absolute atomic E-state index is 0.0112. The number of allylic oxidation sites excluding steroid dienone is 4. The van der Waals surface area contributed by atoms with Crippen molar-refractivity contribution in [3.8, 4) is 5.75 Å². The van der Waals surface area contributed by atoms with Crippen molar-refractivity contribution in [3.63, 3.8) is 0 Å². The van der Waals surface area contributed by atoms with Gasteiger partial charge in [-0.05, 0) is 80.0 Å². The molecule has 0 saturated heterocycles. The fourth-order valence-corrected chi connectivity index (χ4v) is 10.2. The summed E-state index contributed by atoms with van der Waals surface area (Å²) in [6.45, 7) is 3.31. The molecule has 244 valence electrons. The monoisotopic (exact) mass is 673 g/mol. The molecular formula is C37H36ClNO7S. The van der Waals surface area contributed by atoms with E-state index < -0.39 is 34.8 Å². The highest BCUT2D eigenvalue weighted by Crippen LogP contribution is 2.66. The maximum Gasteiger partial charge on any atom is 0.316 e. The van der Waals surface area contributed by atoms with Gasteiger partial charge in [0.1, 0.15) is 17.1 Å². The van der Waals surface area contributed by atoms with Crippen LogP contribution in [0.4, 0.5) is 0 Å². The number of thioether (sulfide) groups is 1. The van der Waals surface area contributed by atoms with Crippen LogP contribution in [0.5, 0.6) is 5.75 Å². The fraction of sp³-hybridized carbons (Fsp3) is 0.432. The molecule has 6 atom stereocenters. The van der Waals surface area contributed by atoms with Crippen LogP contribution in [0, 0.1) is 28.6 Å². The molecule has 0 unspecified atom stereocenters. The lowest BCUT2D eigenvalue weighted by molar-refractivity contribution is -0.172. The third kappa shape index (κ3) is 5.04. The smallest absolute Gasteiger partial charge is 0.316 e. The summed E-state index contributed by atoms with van der Waals surface area (Å²) in [6.07, 6.45) is 7.42. The minimum Gasteiger partial charge on any atom is -0.497 e. The van der Waals surface area contributed by atoms with Crippen LogP contribution in [-0.2, 0) is 23.9 Å². The van der Waals surface area contributed by atoms with E-state index >= 15 is 0 Å². The van der Waals surface area contributed by atoms with Crippen LogP contribution in [0.15, 0.2) is 65.1 Å². The van der Waals surface area contributed by atoms with Crippen molar-refractivity contribution < 1.29 is 33.8 Å². The van der Waals surface area contributed by atoms with E-state index in [-0.39, 0.29) is 47.9 Å². The molecule has 3 fully saturated rings. The van der Waals surface area contributed by atoms with E-state index in [0.29, 0.717) is 34.6 Å². The molecule has 1 N–H and O–H groups in total. The molecule has 2 aromatic carbocycles. The molecule has 47 heavy (non-hydrogen) atoms. The van der Waals surface area contributed by atoms with Crippen LogP contribution >= 0.6 is 23.4 Å². The van der Waals surface area contributed by atoms with Crippen LogP contribution in [-0.4, -0.2) is 58.5 Å². The summed E-state index contributed by atoms with van der Waals surface area (Å²) in [7, 11) is 1.58. The number of aliphatic hydroxyl groups is 1. The first kappa shape index (κ1) is 32.0. The zero-order valence-electron chi connectivity index (χ0n) is 26.5. The Labute approximate surface area is 281 Å². The van der Waals surface area contributed by atoms with E-state index in [9.17, 15) is 24.3 Å². The minimum atomic E-state index is -1.78. The van der Waals surface area contributed by atoms with Gasteiger partial charge in [-0.25, -0.2) is 4.98 Å². The highest BCUT2D eigenvalue weighted by Gasteiger charge is 2.68. The molecule has 0 bridgehead atoms. The van der Waals surface area contributed by atoms with Gasteiger partial charge in [0.25, 0.3) is 0 Å². The molecule has 0 radical (unpaired) electrons. The van der Waals surface area contributed by atoms with E-state index in [4.69, 9.17) is 26.1 Å². The third-order valence-electron chi connectivity index (χ3n) is 11.5. The lowest BCUT2D eigenvalue weighted by atomic mass is 9.46. The average molecular weight is 674 g/mol. The predicted molar refractivity (Wildman–Crippen MR) is 179 cm³/mol. The van der Waals surface area contributed by atoms with Crippen molar-refractivity contribution in [1.29, 1.82) is 0 Å². The standard InChI is InChI=1S/C37H36ClNO7S/c1-35-12-10-22(40)14-20(35)4-7-24-27-11-13-37(44,36(27,2)17-30(41)33(24)35)31(42)18-46-32(43)19-47-34-25-8-5-21(38)15-29(25)39-28-9-6-23(45-3)16-26(28)34/h5-6,8-10,12,14-16,24,27,33,44H,4,7,11,13,17-19H2,1-3H3/t24-,27-,33+,35-,36-,37-/m0/s1. The highest BCUT2D eigenvalue weighted by molar-refractivity contribution is 8.00. The first-order valence-electron chi connectivity index (χ1n) is 16.0. The second-order valence-electron chi connectivity index (χ2n) is 13.8. The fourth-order valence-electron chi connectivity index (χ4n) is 9.07. The molecule has 7 rings (SSSR count). The lowest BCUT2D eigenvalue weighted by Crippen LogP contribution is -2.60. The number of ketones is 3. The number of Topliss-reactive ketones (excluding diaryl/α,β-unsaturated/α-hetero) is 2. The Morgan fingerprint density at radius 2 is 1.89 bits per heavy atom. The number of halogens is 1. The number of fused-ring (bicyclic) bond motifs is 7. The van der Waals surface area contributed by atoms with Crippen LogP contribution in [0.2, 0.25) is 5.02 Å². The second-order valence-corrected chi connectivity index (χ2v) is 15.2. The van der Waals surface area contributed by atoms with Gasteiger partial charge in [0.2, 0.25) is 5.78 Å². The summed E-state index contributed by atoms with van der Waals surface area (Å²) in [4.78, 5) is 58.3. The largest absolute Gasteiger partial charge is 0.497 e. The Hall–Kier alpha value is -3.53. The third-order valence-corrected chi connectivity index (χ3v) is 12.8. The normalized spacial score (nSPS) is 31.3. The van der Waals surface area contributed by atoms with Gasteiger partial charge in [0.15, 0.2) is 12.4 Å². The van der Waals surface area contributed by atoms with E-state index in [0.717, 1.165) is 27.7 Å². The quantitative estimate of drug-likeness (QED) is 0.171.